The third kappa shape index (κ3) is 2.14. The van der Waals surface area contributed by atoms with Crippen LogP contribution in [0.3, 0.4) is 0 Å². The summed E-state index contributed by atoms with van der Waals surface area (Å²) in [6.07, 6.45) is 1.59. The zero-order valence-electron chi connectivity index (χ0n) is 8.01. The molecule has 15 heavy (non-hydrogen) atoms. The highest BCUT2D eigenvalue weighted by molar-refractivity contribution is 7.79. The number of hydrogen-bond acceptors (Lipinski definition) is 3. The third-order valence-corrected chi connectivity index (χ3v) is 2.60. The molecule has 1 N–H and O–H groups in total. The Bertz CT molecular complexity index is 507. The predicted octanol–water partition coefficient (Wildman–Crippen LogP) is 2.23. The van der Waals surface area contributed by atoms with Crippen LogP contribution in [0.15, 0.2) is 39.8 Å². The molecular formula is C10H9NO3S. The van der Waals surface area contributed by atoms with Gasteiger partial charge in [0.15, 0.2) is 22.7 Å². The Morgan fingerprint density at radius 3 is 2.87 bits per heavy atom. The molecule has 4 nitrogen and oxygen atoms in total. The highest BCUT2D eigenvalue weighted by Gasteiger charge is 2.06. The lowest BCUT2D eigenvalue weighted by atomic mass is 10.2. The van der Waals surface area contributed by atoms with Crippen LogP contribution < -0.4 is 0 Å². The maximum absolute atomic E-state index is 10.9. The quantitative estimate of drug-likeness (QED) is 0.793. The van der Waals surface area contributed by atoms with Gasteiger partial charge in [-0.1, -0.05) is 12.1 Å². The SMILES string of the molecule is Cc1ncc(-c2cccc(S(=O)O)c2)o1. The van der Waals surface area contributed by atoms with E-state index in [0.29, 0.717) is 16.5 Å². The lowest BCUT2D eigenvalue weighted by Gasteiger charge is -1.98. The maximum Gasteiger partial charge on any atom is 0.191 e. The van der Waals surface area contributed by atoms with Gasteiger partial charge in [-0.05, 0) is 12.1 Å². The van der Waals surface area contributed by atoms with Crippen molar-refractivity contribution in [3.05, 3.63) is 36.4 Å². The van der Waals surface area contributed by atoms with Crippen molar-refractivity contribution in [2.75, 3.05) is 0 Å². The molecule has 1 atom stereocenters. The van der Waals surface area contributed by atoms with Crippen LogP contribution in [-0.4, -0.2) is 13.7 Å². The topological polar surface area (TPSA) is 63.3 Å². The van der Waals surface area contributed by atoms with E-state index in [2.05, 4.69) is 4.98 Å². The lowest BCUT2D eigenvalue weighted by molar-refractivity contribution is 0.534. The van der Waals surface area contributed by atoms with Gasteiger partial charge in [0, 0.05) is 12.5 Å². The van der Waals surface area contributed by atoms with Crippen LogP contribution in [0.5, 0.6) is 0 Å². The van der Waals surface area contributed by atoms with Crippen LogP contribution in [0.4, 0.5) is 0 Å². The van der Waals surface area contributed by atoms with Crippen molar-refractivity contribution in [1.29, 1.82) is 0 Å². The van der Waals surface area contributed by atoms with Crippen molar-refractivity contribution in [3.63, 3.8) is 0 Å². The Balaban J connectivity index is 2.45. The van der Waals surface area contributed by atoms with E-state index in [4.69, 9.17) is 8.97 Å². The van der Waals surface area contributed by atoms with Crippen LogP contribution in [0.2, 0.25) is 0 Å². The standard InChI is InChI=1S/C10H9NO3S/c1-7-11-6-10(14-7)8-3-2-4-9(5-8)15(12)13/h2-6H,1H3,(H,12,13). The molecule has 78 valence electrons. The van der Waals surface area contributed by atoms with Gasteiger partial charge in [-0.3, -0.25) is 0 Å². The number of aryl methyl sites for hydroxylation is 1. The zero-order chi connectivity index (χ0) is 10.8. The van der Waals surface area contributed by atoms with E-state index in [9.17, 15) is 4.21 Å². The van der Waals surface area contributed by atoms with Gasteiger partial charge >= 0.3 is 0 Å². The van der Waals surface area contributed by atoms with Gasteiger partial charge in [-0.2, -0.15) is 0 Å². The largest absolute Gasteiger partial charge is 0.441 e. The average Bonchev–Trinajstić information content (AvgIpc) is 2.65. The average molecular weight is 223 g/mol. The first-order valence-corrected chi connectivity index (χ1v) is 5.41. The summed E-state index contributed by atoms with van der Waals surface area (Å²) < 4.78 is 25.1. The molecule has 0 radical (unpaired) electrons. The number of rotatable bonds is 2. The highest BCUT2D eigenvalue weighted by atomic mass is 32.2. The summed E-state index contributed by atoms with van der Waals surface area (Å²) in [6, 6.07) is 6.70. The van der Waals surface area contributed by atoms with Crippen LogP contribution in [0.25, 0.3) is 11.3 Å². The van der Waals surface area contributed by atoms with Crippen molar-refractivity contribution in [3.8, 4) is 11.3 Å². The number of hydrogen-bond donors (Lipinski definition) is 1. The maximum atomic E-state index is 10.9. The molecule has 1 unspecified atom stereocenters. The highest BCUT2D eigenvalue weighted by Crippen LogP contribution is 2.22. The van der Waals surface area contributed by atoms with E-state index in [1.54, 1.807) is 37.4 Å². The van der Waals surface area contributed by atoms with Gasteiger partial charge in [0.05, 0.1) is 11.1 Å². The number of nitrogens with zero attached hydrogens (tertiary/aromatic N) is 1. The number of benzene rings is 1. The van der Waals surface area contributed by atoms with E-state index in [1.165, 1.54) is 0 Å². The van der Waals surface area contributed by atoms with Gasteiger partial charge in [0.25, 0.3) is 0 Å². The molecule has 0 aliphatic carbocycles. The van der Waals surface area contributed by atoms with Gasteiger partial charge in [0.2, 0.25) is 0 Å². The summed E-state index contributed by atoms with van der Waals surface area (Å²) in [4.78, 5) is 4.31. The summed E-state index contributed by atoms with van der Waals surface area (Å²) in [5.74, 6) is 1.17. The smallest absolute Gasteiger partial charge is 0.191 e. The van der Waals surface area contributed by atoms with Crippen LogP contribution in [0.1, 0.15) is 5.89 Å². The van der Waals surface area contributed by atoms with Crippen molar-refractivity contribution >= 4 is 11.1 Å². The van der Waals surface area contributed by atoms with Gasteiger partial charge in [-0.25, -0.2) is 9.19 Å². The Hall–Kier alpha value is -1.46. The Kier molecular flexibility index (Phi) is 2.66. The fourth-order valence-electron chi connectivity index (χ4n) is 1.25. The Labute approximate surface area is 89.2 Å². The normalized spacial score (nSPS) is 12.7. The van der Waals surface area contributed by atoms with Gasteiger partial charge in [0.1, 0.15) is 0 Å². The fourth-order valence-corrected chi connectivity index (χ4v) is 1.68. The second kappa shape index (κ2) is 3.96. The van der Waals surface area contributed by atoms with E-state index in [-0.39, 0.29) is 0 Å². The third-order valence-electron chi connectivity index (χ3n) is 1.94. The summed E-state index contributed by atoms with van der Waals surface area (Å²) >= 11 is -1.97. The minimum atomic E-state index is -1.97. The van der Waals surface area contributed by atoms with E-state index >= 15 is 0 Å². The molecule has 2 aromatic rings. The molecule has 0 bridgehead atoms. The van der Waals surface area contributed by atoms with E-state index < -0.39 is 11.1 Å². The molecular weight excluding hydrogens is 214 g/mol. The molecule has 0 aliphatic rings. The first-order valence-electron chi connectivity index (χ1n) is 4.30. The molecule has 5 heteroatoms. The first kappa shape index (κ1) is 10.1. The van der Waals surface area contributed by atoms with E-state index in [1.807, 2.05) is 0 Å². The summed E-state index contributed by atoms with van der Waals surface area (Å²) in [5.41, 5.74) is 0.746. The van der Waals surface area contributed by atoms with Crippen LogP contribution >= 0.6 is 0 Å². The Morgan fingerprint density at radius 2 is 2.27 bits per heavy atom. The number of aromatic nitrogens is 1. The van der Waals surface area contributed by atoms with Crippen LogP contribution in [-0.2, 0) is 11.1 Å². The summed E-state index contributed by atoms with van der Waals surface area (Å²) in [6.45, 7) is 1.75. The zero-order valence-corrected chi connectivity index (χ0v) is 8.82. The van der Waals surface area contributed by atoms with E-state index in [0.717, 1.165) is 5.56 Å². The van der Waals surface area contributed by atoms with Crippen molar-refractivity contribution in [1.82, 2.24) is 4.98 Å². The van der Waals surface area contributed by atoms with Crippen LogP contribution in [0, 0.1) is 6.92 Å². The molecule has 1 aromatic heterocycles. The second-order valence-corrected chi connectivity index (χ2v) is 3.99. The van der Waals surface area contributed by atoms with Crippen molar-refractivity contribution in [2.45, 2.75) is 11.8 Å². The van der Waals surface area contributed by atoms with Gasteiger partial charge in [-0.15, -0.1) is 0 Å². The number of oxazole rings is 1. The molecule has 2 rings (SSSR count). The summed E-state index contributed by atoms with van der Waals surface area (Å²) in [7, 11) is 0. The minimum Gasteiger partial charge on any atom is -0.441 e. The first-order chi connectivity index (χ1) is 7.16. The van der Waals surface area contributed by atoms with Crippen molar-refractivity contribution < 1.29 is 13.2 Å². The van der Waals surface area contributed by atoms with Gasteiger partial charge < -0.3 is 8.97 Å². The lowest BCUT2D eigenvalue weighted by Crippen LogP contribution is -1.87. The fraction of sp³-hybridized carbons (Fsp3) is 0.100. The molecule has 1 aromatic carbocycles. The minimum absolute atomic E-state index is 0.349. The predicted molar refractivity (Wildman–Crippen MR) is 55.7 cm³/mol. The molecule has 0 spiro atoms. The second-order valence-electron chi connectivity index (χ2n) is 3.02. The molecule has 1 heterocycles. The molecule has 0 saturated carbocycles. The molecule has 0 amide bonds. The monoisotopic (exact) mass is 223 g/mol. The molecule has 0 aliphatic heterocycles. The molecule has 0 saturated heterocycles. The summed E-state index contributed by atoms with van der Waals surface area (Å²) in [5, 5.41) is 0. The molecule has 0 fully saturated rings. The van der Waals surface area contributed by atoms with Crippen molar-refractivity contribution in [2.24, 2.45) is 0 Å². The Morgan fingerprint density at radius 1 is 1.47 bits per heavy atom.